The van der Waals surface area contributed by atoms with E-state index < -0.39 is 11.7 Å². The normalized spacial score (nSPS) is 18.1. The fraction of sp³-hybridized carbons (Fsp3) is 0.333. The Hall–Kier alpha value is -4.07. The van der Waals surface area contributed by atoms with Crippen LogP contribution >= 0.6 is 0 Å². The molecule has 1 saturated heterocycles. The number of carbonyl (C=O) groups is 1. The zero-order chi connectivity index (χ0) is 25.0. The minimum absolute atomic E-state index is 0.0491. The lowest BCUT2D eigenvalue weighted by molar-refractivity contribution is -0.138. The third-order valence-corrected chi connectivity index (χ3v) is 6.01. The maximum absolute atomic E-state index is 13.8. The van der Waals surface area contributed by atoms with Gasteiger partial charge in [-0.3, -0.25) is 4.79 Å². The van der Waals surface area contributed by atoms with Gasteiger partial charge in [0, 0.05) is 43.4 Å². The van der Waals surface area contributed by atoms with Gasteiger partial charge in [0.2, 0.25) is 5.95 Å². The van der Waals surface area contributed by atoms with E-state index >= 15 is 0 Å². The molecular formula is C24H22F3N7O. The Morgan fingerprint density at radius 3 is 2.57 bits per heavy atom. The van der Waals surface area contributed by atoms with E-state index in [2.05, 4.69) is 31.3 Å². The zero-order valence-corrected chi connectivity index (χ0v) is 18.8. The molecule has 0 aliphatic carbocycles. The Balaban J connectivity index is 1.59. The Kier molecular flexibility index (Phi) is 6.91. The number of carbonyl (C=O) groups excluding carboxylic acids is 1. The number of benzene rings is 1. The second-order valence-corrected chi connectivity index (χ2v) is 8.30. The van der Waals surface area contributed by atoms with Crippen LogP contribution in [0.2, 0.25) is 0 Å². The van der Waals surface area contributed by atoms with Crippen LogP contribution in [0.1, 0.15) is 41.3 Å². The highest BCUT2D eigenvalue weighted by Crippen LogP contribution is 2.30. The molecule has 1 amide bonds. The summed E-state index contributed by atoms with van der Waals surface area (Å²) in [6, 6.07) is 8.29. The summed E-state index contributed by atoms with van der Waals surface area (Å²) in [6.45, 7) is 2.77. The number of nitriles is 1. The summed E-state index contributed by atoms with van der Waals surface area (Å²) >= 11 is 0. The summed E-state index contributed by atoms with van der Waals surface area (Å²) in [7, 11) is 0. The highest BCUT2D eigenvalue weighted by atomic mass is 19.4. The molecule has 1 unspecified atom stereocenters. The van der Waals surface area contributed by atoms with E-state index in [0.29, 0.717) is 29.1 Å². The second kappa shape index (κ2) is 10.0. The van der Waals surface area contributed by atoms with Gasteiger partial charge in [0.1, 0.15) is 0 Å². The molecule has 1 fully saturated rings. The van der Waals surface area contributed by atoms with Gasteiger partial charge in [0.25, 0.3) is 5.91 Å². The van der Waals surface area contributed by atoms with Gasteiger partial charge in [0.05, 0.1) is 28.8 Å². The molecule has 35 heavy (non-hydrogen) atoms. The van der Waals surface area contributed by atoms with Gasteiger partial charge < -0.3 is 10.2 Å². The quantitative estimate of drug-likeness (QED) is 0.583. The standard InChI is InChI=1S/C24H22F3N7O/c1-15-4-2-9-34(20(15)14-33-23-31-12-17(13-32-23)24(25,26)27)22(35)19-10-16(11-28)5-6-18(19)21-29-7-3-8-30-21/h3,5-8,10,12-13,15,20H,2,4,9,14H2,1H3,(H,31,32,33)/t15-,20?/m1/s1. The fourth-order valence-corrected chi connectivity index (χ4v) is 4.15. The Morgan fingerprint density at radius 1 is 1.20 bits per heavy atom. The fourth-order valence-electron chi connectivity index (χ4n) is 4.15. The average Bonchev–Trinajstić information content (AvgIpc) is 2.87. The summed E-state index contributed by atoms with van der Waals surface area (Å²) in [4.78, 5) is 31.5. The minimum Gasteiger partial charge on any atom is -0.352 e. The third kappa shape index (κ3) is 5.37. The van der Waals surface area contributed by atoms with E-state index in [1.165, 1.54) is 6.07 Å². The molecular weight excluding hydrogens is 459 g/mol. The first-order valence-electron chi connectivity index (χ1n) is 11.0. The molecule has 3 aromatic rings. The first kappa shape index (κ1) is 24.1. The monoisotopic (exact) mass is 481 g/mol. The Labute approximate surface area is 199 Å². The van der Waals surface area contributed by atoms with Crippen LogP contribution in [0.4, 0.5) is 19.1 Å². The lowest BCUT2D eigenvalue weighted by Gasteiger charge is -2.40. The molecule has 1 aliphatic rings. The first-order valence-corrected chi connectivity index (χ1v) is 11.0. The van der Waals surface area contributed by atoms with Crippen LogP contribution in [-0.4, -0.2) is 49.9 Å². The number of nitrogens with zero attached hydrogens (tertiary/aromatic N) is 6. The molecule has 1 aliphatic heterocycles. The molecule has 0 saturated carbocycles. The average molecular weight is 481 g/mol. The molecule has 0 spiro atoms. The molecule has 3 heterocycles. The SMILES string of the molecule is C[C@@H]1CCCN(C(=O)c2cc(C#N)ccc2-c2ncccn2)C1CNc1ncc(C(F)(F)F)cn1. The minimum atomic E-state index is -4.52. The van der Waals surface area contributed by atoms with E-state index in [1.807, 2.05) is 6.92 Å². The summed E-state index contributed by atoms with van der Waals surface area (Å²) in [5, 5.41) is 12.4. The van der Waals surface area contributed by atoms with E-state index in [0.717, 1.165) is 25.2 Å². The van der Waals surface area contributed by atoms with Crippen molar-refractivity contribution in [3.63, 3.8) is 0 Å². The highest BCUT2D eigenvalue weighted by molar-refractivity contribution is 6.00. The van der Waals surface area contributed by atoms with Crippen molar-refractivity contribution in [2.75, 3.05) is 18.4 Å². The topological polar surface area (TPSA) is 108 Å². The second-order valence-electron chi connectivity index (χ2n) is 8.30. The molecule has 11 heteroatoms. The lowest BCUT2D eigenvalue weighted by Crippen LogP contribution is -2.51. The molecule has 0 bridgehead atoms. The number of amides is 1. The number of alkyl halides is 3. The first-order chi connectivity index (χ1) is 16.8. The molecule has 0 radical (unpaired) electrons. The lowest BCUT2D eigenvalue weighted by atomic mass is 9.89. The van der Waals surface area contributed by atoms with Crippen molar-refractivity contribution in [2.24, 2.45) is 5.92 Å². The highest BCUT2D eigenvalue weighted by Gasteiger charge is 2.34. The van der Waals surface area contributed by atoms with Crippen LogP contribution in [0.25, 0.3) is 11.4 Å². The van der Waals surface area contributed by atoms with Crippen molar-refractivity contribution >= 4 is 11.9 Å². The maximum atomic E-state index is 13.8. The number of aromatic nitrogens is 4. The van der Waals surface area contributed by atoms with Crippen LogP contribution in [0, 0.1) is 17.2 Å². The van der Waals surface area contributed by atoms with E-state index in [4.69, 9.17) is 0 Å². The van der Waals surface area contributed by atoms with Crippen molar-refractivity contribution in [1.29, 1.82) is 5.26 Å². The number of halogens is 3. The summed E-state index contributed by atoms with van der Waals surface area (Å²) in [5.74, 6) is 0.271. The number of rotatable bonds is 5. The van der Waals surface area contributed by atoms with Gasteiger partial charge in [-0.1, -0.05) is 6.92 Å². The van der Waals surface area contributed by atoms with Crippen LogP contribution in [0.5, 0.6) is 0 Å². The molecule has 180 valence electrons. The van der Waals surface area contributed by atoms with Gasteiger partial charge in [-0.15, -0.1) is 0 Å². The van der Waals surface area contributed by atoms with Crippen LogP contribution in [0.3, 0.4) is 0 Å². The molecule has 1 N–H and O–H groups in total. The Bertz CT molecular complexity index is 1230. The number of anilines is 1. The summed E-state index contributed by atoms with van der Waals surface area (Å²) in [5.41, 5.74) is 0.246. The largest absolute Gasteiger partial charge is 0.419 e. The van der Waals surface area contributed by atoms with Crippen molar-refractivity contribution in [3.8, 4) is 17.5 Å². The summed E-state index contributed by atoms with van der Waals surface area (Å²) in [6.07, 6.45) is 1.77. The number of nitrogens with one attached hydrogen (secondary N) is 1. The van der Waals surface area contributed by atoms with Crippen molar-refractivity contribution in [2.45, 2.75) is 32.0 Å². The number of piperidine rings is 1. The maximum Gasteiger partial charge on any atom is 0.419 e. The van der Waals surface area contributed by atoms with E-state index in [1.54, 1.807) is 35.5 Å². The van der Waals surface area contributed by atoms with Crippen LogP contribution in [0.15, 0.2) is 49.1 Å². The van der Waals surface area contributed by atoms with Crippen molar-refractivity contribution in [1.82, 2.24) is 24.8 Å². The molecule has 2 atom stereocenters. The van der Waals surface area contributed by atoms with Gasteiger partial charge >= 0.3 is 6.18 Å². The van der Waals surface area contributed by atoms with Gasteiger partial charge in [-0.2, -0.15) is 18.4 Å². The van der Waals surface area contributed by atoms with Gasteiger partial charge in [-0.05, 0) is 43.0 Å². The predicted molar refractivity (Wildman–Crippen MR) is 121 cm³/mol. The molecule has 1 aromatic carbocycles. The van der Waals surface area contributed by atoms with Crippen LogP contribution < -0.4 is 5.32 Å². The van der Waals surface area contributed by atoms with Crippen molar-refractivity contribution < 1.29 is 18.0 Å². The smallest absolute Gasteiger partial charge is 0.352 e. The predicted octanol–water partition coefficient (Wildman–Crippen LogP) is 4.18. The molecule has 4 rings (SSSR count). The van der Waals surface area contributed by atoms with E-state index in [9.17, 15) is 23.2 Å². The van der Waals surface area contributed by atoms with E-state index in [-0.39, 0.29) is 30.4 Å². The number of hydrogen-bond acceptors (Lipinski definition) is 7. The van der Waals surface area contributed by atoms with Crippen LogP contribution in [-0.2, 0) is 6.18 Å². The molecule has 8 nitrogen and oxygen atoms in total. The zero-order valence-electron chi connectivity index (χ0n) is 18.8. The third-order valence-electron chi connectivity index (χ3n) is 6.01. The Morgan fingerprint density at radius 2 is 1.91 bits per heavy atom. The number of hydrogen-bond donors (Lipinski definition) is 1. The van der Waals surface area contributed by atoms with Crippen molar-refractivity contribution in [3.05, 3.63) is 65.7 Å². The molecule has 2 aromatic heterocycles. The summed E-state index contributed by atoms with van der Waals surface area (Å²) < 4.78 is 38.4. The van der Waals surface area contributed by atoms with Gasteiger partial charge in [0.15, 0.2) is 5.82 Å². The number of likely N-dealkylation sites (tertiary alicyclic amines) is 1. The van der Waals surface area contributed by atoms with Gasteiger partial charge in [-0.25, -0.2) is 19.9 Å².